The number of amides is 1. The summed E-state index contributed by atoms with van der Waals surface area (Å²) in [6, 6.07) is 5.44. The fraction of sp³-hybridized carbons (Fsp3) is 0.364. The molecule has 0 aliphatic heterocycles. The highest BCUT2D eigenvalue weighted by atomic mass is 16.6. The van der Waals surface area contributed by atoms with Crippen LogP contribution in [0.25, 0.3) is 0 Å². The van der Waals surface area contributed by atoms with Crippen LogP contribution in [-0.2, 0) is 4.74 Å². The molecule has 0 fully saturated rings. The molecule has 0 aromatic heterocycles. The molecule has 0 spiro atoms. The van der Waals surface area contributed by atoms with Gasteiger partial charge in [-0.05, 0) is 38.5 Å². The highest BCUT2D eigenvalue weighted by Gasteiger charge is 2.07. The number of rotatable bonds is 2. The Balaban J connectivity index is 2.71. The van der Waals surface area contributed by atoms with E-state index in [0.717, 1.165) is 5.56 Å². The van der Waals surface area contributed by atoms with E-state index < -0.39 is 6.09 Å². The number of hydrogen-bond donors (Lipinski definition) is 2. The lowest BCUT2D eigenvalue weighted by Crippen LogP contribution is -2.18. The molecule has 0 unspecified atom stereocenters. The molecule has 4 nitrogen and oxygen atoms in total. The molecule has 0 heterocycles. The number of nitrogens with one attached hydrogen (secondary N) is 1. The average molecular weight is 208 g/mol. The van der Waals surface area contributed by atoms with Crippen LogP contribution in [0.5, 0.6) is 0 Å². The first-order valence-electron chi connectivity index (χ1n) is 4.83. The number of nitrogen functional groups attached to an aromatic ring is 1. The average Bonchev–Trinajstić information content (AvgIpc) is 2.10. The fourth-order valence-corrected chi connectivity index (χ4v) is 1.13. The second-order valence-electron chi connectivity index (χ2n) is 3.67. The first kappa shape index (κ1) is 11.4. The van der Waals surface area contributed by atoms with Gasteiger partial charge in [0.15, 0.2) is 0 Å². The van der Waals surface area contributed by atoms with E-state index in [-0.39, 0.29) is 6.10 Å². The van der Waals surface area contributed by atoms with Gasteiger partial charge in [-0.15, -0.1) is 0 Å². The molecule has 0 radical (unpaired) electrons. The Morgan fingerprint density at radius 2 is 2.13 bits per heavy atom. The number of aryl methyl sites for hydroxylation is 1. The van der Waals surface area contributed by atoms with Crippen molar-refractivity contribution >= 4 is 17.5 Å². The Morgan fingerprint density at radius 1 is 1.47 bits per heavy atom. The second-order valence-corrected chi connectivity index (χ2v) is 3.67. The zero-order valence-electron chi connectivity index (χ0n) is 9.20. The summed E-state index contributed by atoms with van der Waals surface area (Å²) in [6.45, 7) is 5.51. The monoisotopic (exact) mass is 208 g/mol. The molecule has 3 N–H and O–H groups in total. The predicted octanol–water partition coefficient (Wildman–Crippen LogP) is 2.53. The van der Waals surface area contributed by atoms with E-state index in [0.29, 0.717) is 11.4 Å². The van der Waals surface area contributed by atoms with Crippen LogP contribution in [0.3, 0.4) is 0 Å². The second kappa shape index (κ2) is 4.68. The molecule has 15 heavy (non-hydrogen) atoms. The van der Waals surface area contributed by atoms with Gasteiger partial charge in [0.2, 0.25) is 0 Å². The molecule has 4 heteroatoms. The van der Waals surface area contributed by atoms with Gasteiger partial charge in [0.25, 0.3) is 0 Å². The number of nitrogens with two attached hydrogens (primary N) is 1. The number of anilines is 2. The molecule has 1 amide bonds. The van der Waals surface area contributed by atoms with Crippen molar-refractivity contribution in [1.82, 2.24) is 0 Å². The molecule has 1 aromatic rings. The zero-order valence-corrected chi connectivity index (χ0v) is 9.20. The lowest BCUT2D eigenvalue weighted by molar-refractivity contribution is 0.130. The van der Waals surface area contributed by atoms with Gasteiger partial charge in [-0.2, -0.15) is 0 Å². The highest BCUT2D eigenvalue weighted by molar-refractivity contribution is 5.89. The number of ether oxygens (including phenoxy) is 1. The molecule has 0 saturated carbocycles. The van der Waals surface area contributed by atoms with Crippen LogP contribution in [0.15, 0.2) is 18.2 Å². The van der Waals surface area contributed by atoms with Crippen molar-refractivity contribution in [2.24, 2.45) is 0 Å². The Kier molecular flexibility index (Phi) is 3.55. The van der Waals surface area contributed by atoms with Gasteiger partial charge in [0.1, 0.15) is 0 Å². The van der Waals surface area contributed by atoms with Gasteiger partial charge in [-0.3, -0.25) is 5.32 Å². The van der Waals surface area contributed by atoms with Crippen LogP contribution in [0.2, 0.25) is 0 Å². The van der Waals surface area contributed by atoms with Crippen LogP contribution >= 0.6 is 0 Å². The lowest BCUT2D eigenvalue weighted by atomic mass is 10.2. The summed E-state index contributed by atoms with van der Waals surface area (Å²) >= 11 is 0. The minimum absolute atomic E-state index is 0.143. The number of hydrogen-bond acceptors (Lipinski definition) is 3. The van der Waals surface area contributed by atoms with Crippen molar-refractivity contribution < 1.29 is 9.53 Å². The third-order valence-corrected chi connectivity index (χ3v) is 1.79. The maximum Gasteiger partial charge on any atom is 0.411 e. The standard InChI is InChI=1S/C11H16N2O2/c1-7(2)15-11(14)13-10-6-8(3)4-5-9(10)12/h4-7H,12H2,1-3H3,(H,13,14). The van der Waals surface area contributed by atoms with Crippen LogP contribution < -0.4 is 11.1 Å². The maximum atomic E-state index is 11.3. The Hall–Kier alpha value is -1.71. The molecular formula is C11H16N2O2. The van der Waals surface area contributed by atoms with E-state index in [1.807, 2.05) is 13.0 Å². The van der Waals surface area contributed by atoms with E-state index in [2.05, 4.69) is 5.32 Å². The first-order chi connectivity index (χ1) is 6.99. The molecule has 1 aromatic carbocycles. The summed E-state index contributed by atoms with van der Waals surface area (Å²) in [5, 5.41) is 2.60. The Morgan fingerprint density at radius 3 is 2.73 bits per heavy atom. The molecule has 0 aliphatic carbocycles. The zero-order chi connectivity index (χ0) is 11.4. The summed E-state index contributed by atoms with van der Waals surface area (Å²) in [5.41, 5.74) is 7.84. The number of benzene rings is 1. The molecule has 82 valence electrons. The first-order valence-corrected chi connectivity index (χ1v) is 4.83. The molecule has 0 aliphatic rings. The van der Waals surface area contributed by atoms with Crippen molar-refractivity contribution in [3.05, 3.63) is 23.8 Å². The van der Waals surface area contributed by atoms with Gasteiger partial charge in [-0.1, -0.05) is 6.07 Å². The van der Waals surface area contributed by atoms with Gasteiger partial charge in [0.05, 0.1) is 17.5 Å². The van der Waals surface area contributed by atoms with Crippen molar-refractivity contribution in [3.8, 4) is 0 Å². The molecular weight excluding hydrogens is 192 g/mol. The third kappa shape index (κ3) is 3.50. The minimum atomic E-state index is -0.484. The van der Waals surface area contributed by atoms with Crippen LogP contribution in [-0.4, -0.2) is 12.2 Å². The minimum Gasteiger partial charge on any atom is -0.447 e. The summed E-state index contributed by atoms with van der Waals surface area (Å²) in [5.74, 6) is 0. The third-order valence-electron chi connectivity index (χ3n) is 1.79. The van der Waals surface area contributed by atoms with Crippen molar-refractivity contribution in [2.75, 3.05) is 11.1 Å². The number of carbonyl (C=O) groups is 1. The Labute approximate surface area is 89.4 Å². The molecule has 0 atom stereocenters. The molecule has 1 rings (SSSR count). The van der Waals surface area contributed by atoms with E-state index in [9.17, 15) is 4.79 Å². The lowest BCUT2D eigenvalue weighted by Gasteiger charge is -2.11. The molecule has 0 saturated heterocycles. The van der Waals surface area contributed by atoms with E-state index in [1.165, 1.54) is 0 Å². The van der Waals surface area contributed by atoms with Gasteiger partial charge in [-0.25, -0.2) is 4.79 Å². The van der Waals surface area contributed by atoms with E-state index in [4.69, 9.17) is 10.5 Å². The van der Waals surface area contributed by atoms with Gasteiger partial charge < -0.3 is 10.5 Å². The van der Waals surface area contributed by atoms with Crippen LogP contribution in [0.1, 0.15) is 19.4 Å². The smallest absolute Gasteiger partial charge is 0.411 e. The van der Waals surface area contributed by atoms with E-state index in [1.54, 1.807) is 26.0 Å². The van der Waals surface area contributed by atoms with Crippen LogP contribution in [0.4, 0.5) is 16.2 Å². The van der Waals surface area contributed by atoms with Crippen molar-refractivity contribution in [2.45, 2.75) is 26.9 Å². The van der Waals surface area contributed by atoms with Crippen LogP contribution in [0, 0.1) is 6.92 Å². The van der Waals surface area contributed by atoms with Crippen molar-refractivity contribution in [1.29, 1.82) is 0 Å². The fourth-order valence-electron chi connectivity index (χ4n) is 1.13. The number of carbonyl (C=O) groups excluding carboxylic acids is 1. The SMILES string of the molecule is Cc1ccc(N)c(NC(=O)OC(C)C)c1. The van der Waals surface area contributed by atoms with Crippen molar-refractivity contribution in [3.63, 3.8) is 0 Å². The quantitative estimate of drug-likeness (QED) is 0.734. The largest absolute Gasteiger partial charge is 0.447 e. The van der Waals surface area contributed by atoms with E-state index >= 15 is 0 Å². The Bertz CT molecular complexity index is 362. The van der Waals surface area contributed by atoms with Gasteiger partial charge in [0, 0.05) is 0 Å². The summed E-state index contributed by atoms with van der Waals surface area (Å²) in [4.78, 5) is 11.3. The summed E-state index contributed by atoms with van der Waals surface area (Å²) in [7, 11) is 0. The summed E-state index contributed by atoms with van der Waals surface area (Å²) < 4.78 is 4.94. The normalized spacial score (nSPS) is 10.1. The maximum absolute atomic E-state index is 11.3. The van der Waals surface area contributed by atoms with Gasteiger partial charge >= 0.3 is 6.09 Å². The predicted molar refractivity (Wildman–Crippen MR) is 60.8 cm³/mol. The topological polar surface area (TPSA) is 64.3 Å². The molecule has 0 bridgehead atoms. The summed E-state index contributed by atoms with van der Waals surface area (Å²) in [6.07, 6.45) is -0.627. The highest BCUT2D eigenvalue weighted by Crippen LogP contribution is 2.19.